The molecular weight excluding hydrogens is 411 g/mol. The van der Waals surface area contributed by atoms with E-state index in [4.69, 9.17) is 50.2 Å². The zero-order valence-electron chi connectivity index (χ0n) is 15.9. The highest BCUT2D eigenvalue weighted by atomic mass is 79.9. The molecular formula is C14H15B9BrF2N2. The SMILES string of the molecule is Cc1cc(Br)c(N)cc1F.Cc1ccc(N)cc1F.[B][B]B(B([B])[B])B([B])[B]. The Bertz CT molecular complexity index is 695. The van der Waals surface area contributed by atoms with Crippen LogP contribution in [0.5, 0.6) is 0 Å². The zero-order chi connectivity index (χ0) is 22.0. The van der Waals surface area contributed by atoms with E-state index in [1.165, 1.54) is 19.2 Å². The third-order valence-corrected chi connectivity index (χ3v) is 4.27. The smallest absolute Gasteiger partial charge is 0.128 e. The van der Waals surface area contributed by atoms with Gasteiger partial charge in [0.2, 0.25) is 0 Å². The second-order valence-corrected chi connectivity index (χ2v) is 6.91. The lowest BCUT2D eigenvalue weighted by molar-refractivity contribution is 0.618. The lowest BCUT2D eigenvalue weighted by Gasteiger charge is -2.17. The molecule has 14 heteroatoms. The summed E-state index contributed by atoms with van der Waals surface area (Å²) in [5.74, 6) is -0.504. The third kappa shape index (κ3) is 9.95. The number of halogens is 3. The van der Waals surface area contributed by atoms with Gasteiger partial charge in [-0.3, -0.25) is 0 Å². The molecule has 2 rings (SSSR count). The molecule has 0 aromatic heterocycles. The first-order valence-corrected chi connectivity index (χ1v) is 9.00. The van der Waals surface area contributed by atoms with E-state index in [2.05, 4.69) is 15.9 Å². The van der Waals surface area contributed by atoms with Crippen LogP contribution < -0.4 is 11.5 Å². The molecule has 2 aromatic rings. The van der Waals surface area contributed by atoms with Crippen molar-refractivity contribution in [2.75, 3.05) is 11.5 Å². The fraction of sp³-hybridized carbons (Fsp3) is 0.143. The molecule has 0 aliphatic heterocycles. The molecule has 0 spiro atoms. The van der Waals surface area contributed by atoms with Crippen LogP contribution in [-0.4, -0.2) is 64.9 Å². The quantitative estimate of drug-likeness (QED) is 0.563. The molecule has 0 atom stereocenters. The average molecular weight is 426 g/mol. The fourth-order valence-electron chi connectivity index (χ4n) is 1.78. The van der Waals surface area contributed by atoms with Gasteiger partial charge < -0.3 is 11.5 Å². The second kappa shape index (κ2) is 13.2. The van der Waals surface area contributed by atoms with E-state index >= 15 is 0 Å². The Balaban J connectivity index is 0.000000392. The number of hydrogen-bond acceptors (Lipinski definition) is 2. The van der Waals surface area contributed by atoms with Gasteiger partial charge in [-0.05, 0) is 65.2 Å². The summed E-state index contributed by atoms with van der Waals surface area (Å²) in [4.78, 5) is 0. The number of nitrogen functional groups attached to an aromatic ring is 2. The summed E-state index contributed by atoms with van der Waals surface area (Å²) in [7, 11) is 27.5. The normalized spacial score (nSPS) is 9.18. The van der Waals surface area contributed by atoms with Gasteiger partial charge in [-0.2, -0.15) is 0 Å². The van der Waals surface area contributed by atoms with Crippen molar-refractivity contribution >= 4 is 92.2 Å². The van der Waals surface area contributed by atoms with Gasteiger partial charge in [-0.15, -0.1) is 0 Å². The molecule has 0 heterocycles. The van der Waals surface area contributed by atoms with E-state index in [1.54, 1.807) is 32.0 Å². The minimum atomic E-state index is -0.574. The molecule has 0 amide bonds. The molecule has 11 radical (unpaired) electrons. The van der Waals surface area contributed by atoms with Crippen LogP contribution in [0.15, 0.2) is 34.8 Å². The van der Waals surface area contributed by atoms with E-state index in [0.29, 0.717) is 22.5 Å². The Hall–Kier alpha value is -1.04. The minimum absolute atomic E-state index is 0.241. The van der Waals surface area contributed by atoms with Crippen molar-refractivity contribution in [3.8, 4) is 0 Å². The van der Waals surface area contributed by atoms with Crippen molar-refractivity contribution in [3.05, 3.63) is 57.6 Å². The number of aryl methyl sites for hydroxylation is 2. The summed E-state index contributed by atoms with van der Waals surface area (Å²) in [6.45, 7) is 3.40. The van der Waals surface area contributed by atoms with E-state index in [1.807, 2.05) is 0 Å². The molecule has 0 saturated carbocycles. The summed E-state index contributed by atoms with van der Waals surface area (Å²) in [6.07, 6.45) is -1.46. The number of anilines is 2. The van der Waals surface area contributed by atoms with Crippen LogP contribution in [0.4, 0.5) is 20.2 Å². The molecule has 0 bridgehead atoms. The standard InChI is InChI=1S/C7H7BrFN.C7H8FN.B9/c1-4-2-5(8)7(10)3-6(4)9;1-5-2-3-6(9)4-7(5)8;1-6-9(7(2)3)8(4)5/h2-3H,10H2,1H3;2-4H,9H2,1H3;. The highest BCUT2D eigenvalue weighted by Gasteiger charge is 2.18. The predicted molar refractivity (Wildman–Crippen MR) is 131 cm³/mol. The largest absolute Gasteiger partial charge is 0.399 e. The second-order valence-electron chi connectivity index (χ2n) is 6.06. The Kier molecular flexibility index (Phi) is 12.7. The first-order valence-electron chi connectivity index (χ1n) is 8.20. The van der Waals surface area contributed by atoms with Gasteiger partial charge in [0.1, 0.15) is 11.6 Å². The van der Waals surface area contributed by atoms with Crippen LogP contribution in [0.1, 0.15) is 11.1 Å². The molecule has 0 unspecified atom stereocenters. The number of nitrogens with two attached hydrogens (primary N) is 2. The van der Waals surface area contributed by atoms with E-state index in [-0.39, 0.29) is 18.0 Å². The Morgan fingerprint density at radius 3 is 1.71 bits per heavy atom. The predicted octanol–water partition coefficient (Wildman–Crippen LogP) is 0.768. The molecule has 0 aliphatic carbocycles. The molecule has 0 aliphatic rings. The number of rotatable bonds is 3. The highest BCUT2D eigenvalue weighted by Crippen LogP contribution is 2.22. The summed E-state index contributed by atoms with van der Waals surface area (Å²) >= 11 is 3.19. The monoisotopic (exact) mass is 427 g/mol. The molecule has 2 nitrogen and oxygen atoms in total. The molecule has 4 N–H and O–H groups in total. The van der Waals surface area contributed by atoms with E-state index < -0.39 is 12.8 Å². The van der Waals surface area contributed by atoms with Crippen molar-refractivity contribution < 1.29 is 8.78 Å². The molecule has 0 saturated heterocycles. The lowest BCUT2D eigenvalue weighted by Crippen LogP contribution is -2.55. The van der Waals surface area contributed by atoms with Gasteiger partial charge in [-0.1, -0.05) is 6.07 Å². The van der Waals surface area contributed by atoms with Crippen LogP contribution in [0.25, 0.3) is 0 Å². The Morgan fingerprint density at radius 2 is 1.39 bits per heavy atom. The van der Waals surface area contributed by atoms with Crippen molar-refractivity contribution in [3.63, 3.8) is 0 Å². The average Bonchev–Trinajstić information content (AvgIpc) is 2.58. The van der Waals surface area contributed by atoms with Crippen molar-refractivity contribution in [1.29, 1.82) is 0 Å². The lowest BCUT2D eigenvalue weighted by atomic mass is 8.64. The molecule has 0 fully saturated rings. The maximum absolute atomic E-state index is 12.7. The Labute approximate surface area is 183 Å². The summed E-state index contributed by atoms with van der Waals surface area (Å²) in [5.41, 5.74) is 12.8. The summed E-state index contributed by atoms with van der Waals surface area (Å²) in [6, 6.07) is 7.61. The van der Waals surface area contributed by atoms with Crippen LogP contribution in [-0.2, 0) is 0 Å². The maximum atomic E-state index is 12.7. The summed E-state index contributed by atoms with van der Waals surface area (Å²) in [5, 5.41) is 0. The van der Waals surface area contributed by atoms with Gasteiger partial charge in [0.25, 0.3) is 0 Å². The first-order chi connectivity index (χ1) is 12.9. The fourth-order valence-corrected chi connectivity index (χ4v) is 2.24. The highest BCUT2D eigenvalue weighted by molar-refractivity contribution is 9.10. The molecule has 2 aromatic carbocycles. The molecule has 28 heavy (non-hydrogen) atoms. The van der Waals surface area contributed by atoms with Crippen molar-refractivity contribution in [2.45, 2.75) is 13.8 Å². The van der Waals surface area contributed by atoms with Crippen LogP contribution in [0.3, 0.4) is 0 Å². The van der Waals surface area contributed by atoms with Crippen LogP contribution in [0, 0.1) is 25.5 Å². The number of benzene rings is 2. The summed E-state index contributed by atoms with van der Waals surface area (Å²) < 4.78 is 25.9. The maximum Gasteiger partial charge on any atom is 0.128 e. The van der Waals surface area contributed by atoms with Gasteiger partial charge in [0.05, 0.1) is 0 Å². The van der Waals surface area contributed by atoms with Crippen molar-refractivity contribution in [1.82, 2.24) is 0 Å². The molecule has 129 valence electrons. The van der Waals surface area contributed by atoms with E-state index in [0.717, 1.165) is 4.47 Å². The zero-order valence-corrected chi connectivity index (χ0v) is 17.5. The van der Waals surface area contributed by atoms with Crippen molar-refractivity contribution in [2.24, 2.45) is 0 Å². The Morgan fingerprint density at radius 1 is 0.893 bits per heavy atom. The van der Waals surface area contributed by atoms with Gasteiger partial charge in [0.15, 0.2) is 0 Å². The van der Waals surface area contributed by atoms with E-state index in [9.17, 15) is 8.78 Å². The minimum Gasteiger partial charge on any atom is -0.399 e. The third-order valence-electron chi connectivity index (χ3n) is 3.58. The topological polar surface area (TPSA) is 52.0 Å². The van der Waals surface area contributed by atoms with Crippen LogP contribution >= 0.6 is 15.9 Å². The van der Waals surface area contributed by atoms with Gasteiger partial charge in [-0.25, -0.2) is 8.78 Å². The van der Waals surface area contributed by atoms with Crippen LogP contribution in [0.2, 0.25) is 0 Å². The van der Waals surface area contributed by atoms with Gasteiger partial charge >= 0.3 is 0 Å². The first kappa shape index (κ1) is 27.0. The van der Waals surface area contributed by atoms with Gasteiger partial charge in [0, 0.05) is 80.7 Å². The number of hydrogen-bond donors (Lipinski definition) is 2.